The molecule has 1 aromatic rings. The van der Waals surface area contributed by atoms with E-state index in [-0.39, 0.29) is 16.7 Å². The van der Waals surface area contributed by atoms with E-state index < -0.39 is 10.0 Å². The predicted octanol–water partition coefficient (Wildman–Crippen LogP) is 2.53. The van der Waals surface area contributed by atoms with Crippen molar-refractivity contribution in [2.75, 3.05) is 26.2 Å². The topological polar surface area (TPSA) is 57.7 Å². The first-order chi connectivity index (χ1) is 11.5. The zero-order chi connectivity index (χ0) is 17.2. The molecule has 1 aromatic carbocycles. The van der Waals surface area contributed by atoms with E-state index in [0.29, 0.717) is 31.2 Å². The fraction of sp³-hybridized carbons (Fsp3) is 0.471. The van der Waals surface area contributed by atoms with E-state index in [9.17, 15) is 13.2 Å². The first-order valence-corrected chi connectivity index (χ1v) is 10.00. The summed E-state index contributed by atoms with van der Waals surface area (Å²) in [5.74, 6) is 0.199. The number of rotatable bonds is 3. The molecule has 0 N–H and O–H groups in total. The quantitative estimate of drug-likeness (QED) is 0.770. The highest BCUT2D eigenvalue weighted by Gasteiger charge is 2.32. The van der Waals surface area contributed by atoms with Crippen molar-refractivity contribution in [3.63, 3.8) is 0 Å². The summed E-state index contributed by atoms with van der Waals surface area (Å²) in [6, 6.07) is 6.29. The standard InChI is InChI=1S/C17H21ClN2O3S/c18-15-7-4-8-16(13-15)24(22,23)20-11-9-19(10-12-20)17(21)14-5-2-1-3-6-14/h1-2,4,7-8,13-14H,3,5-6,9-12H2. The Morgan fingerprint density at radius 3 is 2.50 bits per heavy atom. The van der Waals surface area contributed by atoms with Gasteiger partial charge in [-0.2, -0.15) is 4.31 Å². The van der Waals surface area contributed by atoms with Crippen molar-refractivity contribution in [3.05, 3.63) is 41.4 Å². The number of benzene rings is 1. The van der Waals surface area contributed by atoms with Gasteiger partial charge < -0.3 is 4.90 Å². The van der Waals surface area contributed by atoms with Gasteiger partial charge in [0.15, 0.2) is 0 Å². The Labute approximate surface area is 147 Å². The van der Waals surface area contributed by atoms with Crippen LogP contribution in [0.5, 0.6) is 0 Å². The minimum atomic E-state index is -3.56. The third-order valence-electron chi connectivity index (χ3n) is 4.60. The number of carbonyl (C=O) groups is 1. The van der Waals surface area contributed by atoms with Gasteiger partial charge in [-0.1, -0.05) is 29.8 Å². The minimum Gasteiger partial charge on any atom is -0.340 e. The molecule has 1 amide bonds. The zero-order valence-electron chi connectivity index (χ0n) is 13.4. The summed E-state index contributed by atoms with van der Waals surface area (Å²) in [7, 11) is -3.56. The number of amides is 1. The molecule has 0 radical (unpaired) electrons. The highest BCUT2D eigenvalue weighted by molar-refractivity contribution is 7.89. The van der Waals surface area contributed by atoms with Crippen molar-refractivity contribution in [1.82, 2.24) is 9.21 Å². The van der Waals surface area contributed by atoms with Crippen LogP contribution < -0.4 is 0 Å². The maximum absolute atomic E-state index is 12.7. The van der Waals surface area contributed by atoms with Gasteiger partial charge in [-0.3, -0.25) is 4.79 Å². The fourth-order valence-corrected chi connectivity index (χ4v) is 4.93. The van der Waals surface area contributed by atoms with Crippen LogP contribution in [0, 0.1) is 5.92 Å². The van der Waals surface area contributed by atoms with E-state index in [2.05, 4.69) is 12.2 Å². The first-order valence-electron chi connectivity index (χ1n) is 8.18. The molecule has 0 saturated carbocycles. The second-order valence-electron chi connectivity index (χ2n) is 6.17. The number of allylic oxidation sites excluding steroid dienone is 2. The van der Waals surface area contributed by atoms with Crippen molar-refractivity contribution >= 4 is 27.5 Å². The van der Waals surface area contributed by atoms with E-state index in [1.165, 1.54) is 10.4 Å². The summed E-state index contributed by atoms with van der Waals surface area (Å²) < 4.78 is 26.8. The molecule has 5 nitrogen and oxygen atoms in total. The van der Waals surface area contributed by atoms with Gasteiger partial charge in [0.05, 0.1) is 4.90 Å². The van der Waals surface area contributed by atoms with E-state index in [0.717, 1.165) is 19.3 Å². The first kappa shape index (κ1) is 17.5. The highest BCUT2D eigenvalue weighted by atomic mass is 35.5. The van der Waals surface area contributed by atoms with Crippen LogP contribution >= 0.6 is 11.6 Å². The normalized spacial score (nSPS) is 22.5. The molecule has 1 unspecified atom stereocenters. The Bertz CT molecular complexity index is 740. The van der Waals surface area contributed by atoms with E-state index in [1.807, 2.05) is 0 Å². The average Bonchev–Trinajstić information content (AvgIpc) is 2.62. The van der Waals surface area contributed by atoms with Crippen LogP contribution in [0.15, 0.2) is 41.3 Å². The molecule has 0 spiro atoms. The number of hydrogen-bond donors (Lipinski definition) is 0. The van der Waals surface area contributed by atoms with Gasteiger partial charge in [-0.15, -0.1) is 0 Å². The van der Waals surface area contributed by atoms with Crippen LogP contribution in [0.4, 0.5) is 0 Å². The molecule has 1 fully saturated rings. The Balaban J connectivity index is 1.64. The summed E-state index contributed by atoms with van der Waals surface area (Å²) in [5, 5.41) is 0.398. The van der Waals surface area contributed by atoms with Crippen LogP contribution in [-0.2, 0) is 14.8 Å². The van der Waals surface area contributed by atoms with Crippen molar-refractivity contribution in [1.29, 1.82) is 0 Å². The molecule has 0 bridgehead atoms. The molecule has 0 aromatic heterocycles. The van der Waals surface area contributed by atoms with Crippen LogP contribution in [0.3, 0.4) is 0 Å². The maximum Gasteiger partial charge on any atom is 0.243 e. The van der Waals surface area contributed by atoms with Crippen LogP contribution in [0.25, 0.3) is 0 Å². The van der Waals surface area contributed by atoms with Gasteiger partial charge in [0.2, 0.25) is 15.9 Å². The van der Waals surface area contributed by atoms with Gasteiger partial charge >= 0.3 is 0 Å². The van der Waals surface area contributed by atoms with Gasteiger partial charge in [0, 0.05) is 37.1 Å². The zero-order valence-corrected chi connectivity index (χ0v) is 15.0. The van der Waals surface area contributed by atoms with Gasteiger partial charge in [-0.05, 0) is 37.5 Å². The number of piperazine rings is 1. The molecule has 7 heteroatoms. The summed E-state index contributed by atoms with van der Waals surface area (Å²) in [6.45, 7) is 1.53. The largest absolute Gasteiger partial charge is 0.340 e. The smallest absolute Gasteiger partial charge is 0.243 e. The molecule has 3 rings (SSSR count). The molecule has 130 valence electrons. The lowest BCUT2D eigenvalue weighted by Crippen LogP contribution is -2.51. The number of carbonyl (C=O) groups excluding carboxylic acids is 1. The molecular formula is C17H21ClN2O3S. The summed E-state index contributed by atoms with van der Waals surface area (Å²) in [6.07, 6.45) is 6.79. The lowest BCUT2D eigenvalue weighted by Gasteiger charge is -2.36. The van der Waals surface area contributed by atoms with Crippen LogP contribution in [0.1, 0.15) is 19.3 Å². The van der Waals surface area contributed by atoms with Gasteiger partial charge in [0.1, 0.15) is 0 Å². The molecule has 1 saturated heterocycles. The molecule has 1 aliphatic carbocycles. The average molecular weight is 369 g/mol. The summed E-state index contributed by atoms with van der Waals surface area (Å²) >= 11 is 5.90. The predicted molar refractivity (Wildman–Crippen MR) is 93.3 cm³/mol. The number of sulfonamides is 1. The third kappa shape index (κ3) is 3.66. The molecule has 1 aliphatic heterocycles. The molecule has 1 heterocycles. The lowest BCUT2D eigenvalue weighted by molar-refractivity contribution is -0.137. The number of hydrogen-bond acceptors (Lipinski definition) is 3. The minimum absolute atomic E-state index is 0.0473. The van der Waals surface area contributed by atoms with Crippen LogP contribution in [0.2, 0.25) is 5.02 Å². The van der Waals surface area contributed by atoms with Gasteiger partial charge in [0.25, 0.3) is 0 Å². The Kier molecular flexibility index (Phi) is 5.27. The summed E-state index contributed by atoms with van der Waals surface area (Å²) in [5.41, 5.74) is 0. The molecular weight excluding hydrogens is 348 g/mol. The molecule has 2 aliphatic rings. The van der Waals surface area contributed by atoms with Crippen molar-refractivity contribution < 1.29 is 13.2 Å². The van der Waals surface area contributed by atoms with E-state index in [1.54, 1.807) is 23.1 Å². The van der Waals surface area contributed by atoms with Crippen LogP contribution in [-0.4, -0.2) is 49.7 Å². The SMILES string of the molecule is O=C(C1CC=CCC1)N1CCN(S(=O)(=O)c2cccc(Cl)c2)CC1. The Hall–Kier alpha value is -1.37. The maximum atomic E-state index is 12.7. The lowest BCUT2D eigenvalue weighted by atomic mass is 9.93. The summed E-state index contributed by atoms with van der Waals surface area (Å²) in [4.78, 5) is 14.5. The van der Waals surface area contributed by atoms with E-state index in [4.69, 9.17) is 11.6 Å². The molecule has 24 heavy (non-hydrogen) atoms. The van der Waals surface area contributed by atoms with Crippen molar-refractivity contribution in [3.8, 4) is 0 Å². The van der Waals surface area contributed by atoms with Gasteiger partial charge in [-0.25, -0.2) is 8.42 Å². The molecule has 1 atom stereocenters. The second-order valence-corrected chi connectivity index (χ2v) is 8.54. The monoisotopic (exact) mass is 368 g/mol. The Morgan fingerprint density at radius 2 is 1.88 bits per heavy atom. The number of nitrogens with zero attached hydrogens (tertiary/aromatic N) is 2. The Morgan fingerprint density at radius 1 is 1.12 bits per heavy atom. The van der Waals surface area contributed by atoms with Crippen molar-refractivity contribution in [2.24, 2.45) is 5.92 Å². The van der Waals surface area contributed by atoms with E-state index >= 15 is 0 Å². The highest BCUT2D eigenvalue weighted by Crippen LogP contribution is 2.24. The third-order valence-corrected chi connectivity index (χ3v) is 6.73. The number of halogens is 1. The second kappa shape index (κ2) is 7.25. The fourth-order valence-electron chi connectivity index (χ4n) is 3.20. The van der Waals surface area contributed by atoms with Crippen molar-refractivity contribution in [2.45, 2.75) is 24.2 Å².